The molecule has 0 saturated carbocycles. The van der Waals surface area contributed by atoms with Gasteiger partial charge in [0.2, 0.25) is 0 Å². The summed E-state index contributed by atoms with van der Waals surface area (Å²) in [7, 11) is 0. The van der Waals surface area contributed by atoms with Gasteiger partial charge in [0.05, 0.1) is 11.4 Å². The number of aryl methyl sites for hydroxylation is 1. The monoisotopic (exact) mass is 308 g/mol. The molecule has 0 bridgehead atoms. The Labute approximate surface area is 133 Å². The Morgan fingerprint density at radius 1 is 1.30 bits per heavy atom. The molecule has 4 rings (SSSR count). The van der Waals surface area contributed by atoms with E-state index in [-0.39, 0.29) is 6.03 Å². The average Bonchev–Trinajstić information content (AvgIpc) is 3.28. The van der Waals surface area contributed by atoms with Crippen LogP contribution in [0.3, 0.4) is 0 Å². The van der Waals surface area contributed by atoms with Gasteiger partial charge in [0.15, 0.2) is 0 Å². The first-order chi connectivity index (χ1) is 11.2. The van der Waals surface area contributed by atoms with Crippen LogP contribution in [0, 0.1) is 6.92 Å². The van der Waals surface area contributed by atoms with E-state index in [0.717, 1.165) is 30.2 Å². The van der Waals surface area contributed by atoms with Crippen molar-refractivity contribution in [3.63, 3.8) is 0 Å². The van der Waals surface area contributed by atoms with E-state index in [4.69, 9.17) is 4.98 Å². The first-order valence-electron chi connectivity index (χ1n) is 7.45. The predicted octanol–water partition coefficient (Wildman–Crippen LogP) is 1.49. The van der Waals surface area contributed by atoms with Crippen LogP contribution in [0.25, 0.3) is 0 Å². The first-order valence-corrected chi connectivity index (χ1v) is 7.45. The first kappa shape index (κ1) is 13.8. The molecular formula is C16H16N6O. The van der Waals surface area contributed by atoms with Crippen LogP contribution in [-0.4, -0.2) is 30.1 Å². The molecule has 1 aliphatic heterocycles. The molecule has 0 fully saturated rings. The summed E-state index contributed by atoms with van der Waals surface area (Å²) >= 11 is 0. The zero-order chi connectivity index (χ0) is 15.8. The molecule has 0 spiro atoms. The smallest absolute Gasteiger partial charge is 0.307 e. The largest absolute Gasteiger partial charge is 0.339 e. The molecule has 0 aromatic carbocycles. The van der Waals surface area contributed by atoms with E-state index in [1.807, 2.05) is 0 Å². The van der Waals surface area contributed by atoms with Crippen LogP contribution < -0.4 is 5.32 Å². The minimum absolute atomic E-state index is 0.199. The van der Waals surface area contributed by atoms with E-state index in [9.17, 15) is 4.79 Å². The average molecular weight is 308 g/mol. The fraction of sp³-hybridized carbons (Fsp3) is 0.250. The zero-order valence-corrected chi connectivity index (χ0v) is 12.7. The Balaban J connectivity index is 1.65. The summed E-state index contributed by atoms with van der Waals surface area (Å²) in [4.78, 5) is 25.2. The van der Waals surface area contributed by atoms with Crippen LogP contribution in [0.5, 0.6) is 0 Å². The lowest BCUT2D eigenvalue weighted by Gasteiger charge is -2.09. The van der Waals surface area contributed by atoms with Gasteiger partial charge in [-0.1, -0.05) is 0 Å². The molecule has 4 heterocycles. The Kier molecular flexibility index (Phi) is 3.27. The minimum Gasteiger partial charge on any atom is -0.307 e. The second-order valence-corrected chi connectivity index (χ2v) is 5.64. The summed E-state index contributed by atoms with van der Waals surface area (Å²) in [6.07, 6.45) is 8.48. The van der Waals surface area contributed by atoms with E-state index in [2.05, 4.69) is 28.3 Å². The number of nitrogens with zero attached hydrogens (tertiary/aromatic N) is 5. The van der Waals surface area contributed by atoms with Gasteiger partial charge in [-0.3, -0.25) is 14.1 Å². The van der Waals surface area contributed by atoms with Gasteiger partial charge in [-0.15, -0.1) is 0 Å². The highest BCUT2D eigenvalue weighted by Crippen LogP contribution is 2.20. The van der Waals surface area contributed by atoms with Gasteiger partial charge in [0.25, 0.3) is 0 Å². The maximum Gasteiger partial charge on any atom is 0.339 e. The van der Waals surface area contributed by atoms with Crippen LogP contribution in [-0.2, 0) is 19.5 Å². The van der Waals surface area contributed by atoms with Gasteiger partial charge in [0.1, 0.15) is 12.7 Å². The Hall–Kier alpha value is -2.80. The summed E-state index contributed by atoms with van der Waals surface area (Å²) in [5.74, 6) is 0. The topological polar surface area (TPSA) is 77.6 Å². The fourth-order valence-corrected chi connectivity index (χ4v) is 2.93. The normalized spacial score (nSPS) is 13.3. The van der Waals surface area contributed by atoms with Crippen molar-refractivity contribution >= 4 is 6.03 Å². The van der Waals surface area contributed by atoms with Crippen LogP contribution >= 0.6 is 0 Å². The van der Waals surface area contributed by atoms with E-state index < -0.39 is 0 Å². The van der Waals surface area contributed by atoms with Crippen molar-refractivity contribution in [2.75, 3.05) is 0 Å². The highest BCUT2D eigenvalue weighted by atomic mass is 16.2. The summed E-state index contributed by atoms with van der Waals surface area (Å²) in [5, 5.41) is 3.32. The summed E-state index contributed by atoms with van der Waals surface area (Å²) in [5.41, 5.74) is 5.39. The van der Waals surface area contributed by atoms with Crippen molar-refractivity contribution in [3.05, 3.63) is 65.5 Å². The lowest BCUT2D eigenvalue weighted by atomic mass is 10.1. The maximum absolute atomic E-state index is 12.4. The van der Waals surface area contributed by atoms with Crippen molar-refractivity contribution in [2.24, 2.45) is 0 Å². The van der Waals surface area contributed by atoms with Gasteiger partial charge in [-0.25, -0.2) is 14.8 Å². The molecular weight excluding hydrogens is 292 g/mol. The molecule has 0 atom stereocenters. The fourth-order valence-electron chi connectivity index (χ4n) is 2.93. The van der Waals surface area contributed by atoms with Crippen molar-refractivity contribution < 1.29 is 4.79 Å². The quantitative estimate of drug-likeness (QED) is 0.776. The van der Waals surface area contributed by atoms with Crippen LogP contribution in [0.4, 0.5) is 4.79 Å². The molecule has 0 unspecified atom stereocenters. The minimum atomic E-state index is -0.199. The molecule has 7 heteroatoms. The Morgan fingerprint density at radius 3 is 3.04 bits per heavy atom. The Bertz CT molecular complexity index is 865. The number of nitrogens with one attached hydrogen (secondary N) is 1. The number of hydrogen-bond acceptors (Lipinski definition) is 5. The third kappa shape index (κ3) is 2.44. The van der Waals surface area contributed by atoms with Gasteiger partial charge in [0, 0.05) is 43.8 Å². The number of pyridine rings is 1. The van der Waals surface area contributed by atoms with E-state index in [1.54, 1.807) is 18.6 Å². The second kappa shape index (κ2) is 5.44. The molecule has 23 heavy (non-hydrogen) atoms. The van der Waals surface area contributed by atoms with Crippen molar-refractivity contribution in [2.45, 2.75) is 26.4 Å². The summed E-state index contributed by atoms with van der Waals surface area (Å²) in [6, 6.07) is 1.89. The third-order valence-electron chi connectivity index (χ3n) is 4.09. The molecule has 1 N–H and O–H groups in total. The van der Waals surface area contributed by atoms with E-state index in [0.29, 0.717) is 6.42 Å². The number of aromatic nitrogens is 5. The SMILES string of the molecule is Cc1cc(Cc2cncn2C(=O)n2ccnc2)nc2c1CNC2. The molecule has 3 aromatic rings. The lowest BCUT2D eigenvalue weighted by Crippen LogP contribution is -2.19. The number of carbonyl (C=O) groups is 1. The molecule has 0 amide bonds. The summed E-state index contributed by atoms with van der Waals surface area (Å²) in [6.45, 7) is 3.79. The number of fused-ring (bicyclic) bond motifs is 1. The molecule has 0 saturated heterocycles. The molecule has 116 valence electrons. The number of hydrogen-bond donors (Lipinski definition) is 1. The molecule has 3 aromatic heterocycles. The zero-order valence-electron chi connectivity index (χ0n) is 12.7. The van der Waals surface area contributed by atoms with Crippen molar-refractivity contribution in [1.82, 2.24) is 29.4 Å². The third-order valence-corrected chi connectivity index (χ3v) is 4.09. The Morgan fingerprint density at radius 2 is 2.22 bits per heavy atom. The molecule has 0 radical (unpaired) electrons. The number of rotatable bonds is 2. The highest BCUT2D eigenvalue weighted by Gasteiger charge is 2.17. The van der Waals surface area contributed by atoms with Gasteiger partial charge < -0.3 is 5.32 Å². The standard InChI is InChI=1S/C16H16N6O/c1-11-4-12(20-15-8-18-7-14(11)15)5-13-6-19-10-22(13)16(23)21-3-2-17-9-21/h2-4,6,9-10,18H,5,7-8H2,1H3. The van der Waals surface area contributed by atoms with Crippen LogP contribution in [0.2, 0.25) is 0 Å². The van der Waals surface area contributed by atoms with E-state index in [1.165, 1.54) is 32.9 Å². The highest BCUT2D eigenvalue weighted by molar-refractivity contribution is 5.79. The second-order valence-electron chi connectivity index (χ2n) is 5.64. The van der Waals surface area contributed by atoms with Gasteiger partial charge in [-0.2, -0.15) is 0 Å². The van der Waals surface area contributed by atoms with Gasteiger partial charge in [-0.05, 0) is 24.1 Å². The molecule has 1 aliphatic rings. The van der Waals surface area contributed by atoms with Crippen molar-refractivity contribution in [3.8, 4) is 0 Å². The molecule has 0 aliphatic carbocycles. The van der Waals surface area contributed by atoms with E-state index >= 15 is 0 Å². The van der Waals surface area contributed by atoms with Crippen molar-refractivity contribution in [1.29, 1.82) is 0 Å². The number of carbonyl (C=O) groups excluding carboxylic acids is 1. The lowest BCUT2D eigenvalue weighted by molar-refractivity contribution is 0.243. The summed E-state index contributed by atoms with van der Waals surface area (Å²) < 4.78 is 2.96. The number of imidazole rings is 2. The predicted molar refractivity (Wildman–Crippen MR) is 83.0 cm³/mol. The van der Waals surface area contributed by atoms with Gasteiger partial charge >= 0.3 is 6.03 Å². The van der Waals surface area contributed by atoms with Crippen LogP contribution in [0.1, 0.15) is 28.2 Å². The molecule has 7 nitrogen and oxygen atoms in total. The van der Waals surface area contributed by atoms with Crippen LogP contribution in [0.15, 0.2) is 37.3 Å². The maximum atomic E-state index is 12.4.